The zero-order valence-corrected chi connectivity index (χ0v) is 17.4. The van der Waals surface area contributed by atoms with Crippen LogP contribution in [0.3, 0.4) is 0 Å². The van der Waals surface area contributed by atoms with Crippen LogP contribution in [0.2, 0.25) is 0 Å². The van der Waals surface area contributed by atoms with Crippen molar-refractivity contribution in [1.29, 1.82) is 0 Å². The molecule has 0 aromatic heterocycles. The minimum Gasteiger partial charge on any atom is -0.383 e. The summed E-state index contributed by atoms with van der Waals surface area (Å²) in [5.74, 6) is -0.130. The average Bonchev–Trinajstić information content (AvgIpc) is 3.14. The molecule has 1 N–H and O–H groups in total. The van der Waals surface area contributed by atoms with Crippen LogP contribution in [-0.4, -0.2) is 56.6 Å². The van der Waals surface area contributed by atoms with E-state index in [9.17, 15) is 9.59 Å². The molecule has 0 unspecified atom stereocenters. The molecule has 0 bridgehead atoms. The predicted molar refractivity (Wildman–Crippen MR) is 115 cm³/mol. The van der Waals surface area contributed by atoms with Crippen molar-refractivity contribution in [2.75, 3.05) is 50.1 Å². The SMILES string of the molecule is COCCN(CC(=O)Nc1cccc(C)c1C)CC(=O)N1CCc2ccccc21. The number of aryl methyl sites for hydroxylation is 1. The summed E-state index contributed by atoms with van der Waals surface area (Å²) < 4.78 is 5.17. The number of nitrogens with zero attached hydrogens (tertiary/aromatic N) is 2. The Morgan fingerprint density at radius 3 is 2.69 bits per heavy atom. The van der Waals surface area contributed by atoms with E-state index in [0.717, 1.165) is 28.9 Å². The van der Waals surface area contributed by atoms with Crippen molar-refractivity contribution in [1.82, 2.24) is 4.90 Å². The summed E-state index contributed by atoms with van der Waals surface area (Å²) in [5.41, 5.74) is 5.15. The van der Waals surface area contributed by atoms with Crippen molar-refractivity contribution >= 4 is 23.2 Å². The van der Waals surface area contributed by atoms with E-state index in [2.05, 4.69) is 11.4 Å². The fourth-order valence-electron chi connectivity index (χ4n) is 3.59. The molecule has 2 aromatic carbocycles. The molecule has 29 heavy (non-hydrogen) atoms. The van der Waals surface area contributed by atoms with Crippen LogP contribution in [0.4, 0.5) is 11.4 Å². The Bertz CT molecular complexity index is 881. The van der Waals surface area contributed by atoms with Crippen molar-refractivity contribution in [2.45, 2.75) is 20.3 Å². The Balaban J connectivity index is 1.64. The van der Waals surface area contributed by atoms with Gasteiger partial charge in [0.05, 0.1) is 19.7 Å². The van der Waals surface area contributed by atoms with Gasteiger partial charge in [-0.3, -0.25) is 14.5 Å². The largest absolute Gasteiger partial charge is 0.383 e. The van der Waals surface area contributed by atoms with Gasteiger partial charge in [0.25, 0.3) is 0 Å². The van der Waals surface area contributed by atoms with Crippen molar-refractivity contribution in [3.8, 4) is 0 Å². The normalized spacial score (nSPS) is 12.9. The number of methoxy groups -OCH3 is 1. The van der Waals surface area contributed by atoms with Gasteiger partial charge in [0.2, 0.25) is 11.8 Å². The first-order valence-corrected chi connectivity index (χ1v) is 9.95. The molecule has 0 saturated carbocycles. The molecule has 3 rings (SSSR count). The molecule has 2 aromatic rings. The van der Waals surface area contributed by atoms with Crippen molar-refractivity contribution < 1.29 is 14.3 Å². The Morgan fingerprint density at radius 1 is 1.10 bits per heavy atom. The van der Waals surface area contributed by atoms with Gasteiger partial charge in [-0.05, 0) is 49.1 Å². The van der Waals surface area contributed by atoms with E-state index >= 15 is 0 Å². The Hall–Kier alpha value is -2.70. The minimum absolute atomic E-state index is 0.00518. The van der Waals surface area contributed by atoms with Crippen molar-refractivity contribution in [3.63, 3.8) is 0 Å². The number of hydrogen-bond donors (Lipinski definition) is 1. The average molecular weight is 396 g/mol. The van der Waals surface area contributed by atoms with Gasteiger partial charge >= 0.3 is 0 Å². The molecular weight excluding hydrogens is 366 g/mol. The van der Waals surface area contributed by atoms with Gasteiger partial charge in [-0.2, -0.15) is 0 Å². The molecule has 0 fully saturated rings. The van der Waals surface area contributed by atoms with E-state index in [4.69, 9.17) is 4.74 Å². The second-order valence-electron chi connectivity index (χ2n) is 7.42. The van der Waals surface area contributed by atoms with Gasteiger partial charge in [-0.25, -0.2) is 0 Å². The highest BCUT2D eigenvalue weighted by atomic mass is 16.5. The Morgan fingerprint density at radius 2 is 1.90 bits per heavy atom. The van der Waals surface area contributed by atoms with Crippen LogP contribution in [0.25, 0.3) is 0 Å². The first-order chi connectivity index (χ1) is 14.0. The number of carbonyl (C=O) groups is 2. The number of carbonyl (C=O) groups excluding carboxylic acids is 2. The highest BCUT2D eigenvalue weighted by molar-refractivity contribution is 5.97. The molecular formula is C23H29N3O3. The number of fused-ring (bicyclic) bond motifs is 1. The molecule has 154 valence electrons. The molecule has 6 nitrogen and oxygen atoms in total. The summed E-state index contributed by atoms with van der Waals surface area (Å²) in [5, 5.41) is 2.97. The molecule has 0 radical (unpaired) electrons. The molecule has 1 aliphatic rings. The number of amides is 2. The molecule has 6 heteroatoms. The van der Waals surface area contributed by atoms with Gasteiger partial charge in [-0.1, -0.05) is 30.3 Å². The maximum Gasteiger partial charge on any atom is 0.241 e. The van der Waals surface area contributed by atoms with Crippen molar-refractivity contribution in [3.05, 3.63) is 59.2 Å². The van der Waals surface area contributed by atoms with Gasteiger partial charge in [-0.15, -0.1) is 0 Å². The molecule has 2 amide bonds. The number of rotatable bonds is 8. The fourth-order valence-corrected chi connectivity index (χ4v) is 3.59. The van der Waals surface area contributed by atoms with E-state index < -0.39 is 0 Å². The molecule has 0 spiro atoms. The number of benzene rings is 2. The Labute approximate surface area is 172 Å². The monoisotopic (exact) mass is 395 g/mol. The van der Waals surface area contributed by atoms with Gasteiger partial charge in [0, 0.05) is 31.6 Å². The number of anilines is 2. The lowest BCUT2D eigenvalue weighted by Crippen LogP contribution is -2.44. The summed E-state index contributed by atoms with van der Waals surface area (Å²) in [4.78, 5) is 29.2. The third kappa shape index (κ3) is 5.22. The zero-order chi connectivity index (χ0) is 20.8. The predicted octanol–water partition coefficient (Wildman–Crippen LogP) is 2.78. The maximum atomic E-state index is 12.9. The van der Waals surface area contributed by atoms with Gasteiger partial charge in [0.1, 0.15) is 0 Å². The van der Waals surface area contributed by atoms with Crippen LogP contribution in [0.5, 0.6) is 0 Å². The summed E-state index contributed by atoms with van der Waals surface area (Å²) >= 11 is 0. The standard InChI is InChI=1S/C23H29N3O3/c1-17-7-6-9-20(18(17)2)24-22(27)15-25(13-14-29-3)16-23(28)26-12-11-19-8-4-5-10-21(19)26/h4-10H,11-16H2,1-3H3,(H,24,27). The molecule has 0 saturated heterocycles. The third-order valence-corrected chi connectivity index (χ3v) is 5.40. The fraction of sp³-hybridized carbons (Fsp3) is 0.391. The lowest BCUT2D eigenvalue weighted by atomic mass is 10.1. The highest BCUT2D eigenvalue weighted by Gasteiger charge is 2.26. The minimum atomic E-state index is -0.135. The van der Waals surface area contributed by atoms with Crippen LogP contribution in [0, 0.1) is 13.8 Å². The van der Waals surface area contributed by atoms with E-state index in [1.165, 1.54) is 5.56 Å². The quantitative estimate of drug-likeness (QED) is 0.747. The van der Waals surface area contributed by atoms with Gasteiger partial charge < -0.3 is 15.0 Å². The third-order valence-electron chi connectivity index (χ3n) is 5.40. The van der Waals surface area contributed by atoms with Gasteiger partial charge in [0.15, 0.2) is 0 Å². The topological polar surface area (TPSA) is 61.9 Å². The first kappa shape index (κ1) is 21.0. The lowest BCUT2D eigenvalue weighted by molar-refractivity contribution is -0.121. The number of nitrogens with one attached hydrogen (secondary N) is 1. The first-order valence-electron chi connectivity index (χ1n) is 9.95. The second-order valence-corrected chi connectivity index (χ2v) is 7.42. The zero-order valence-electron chi connectivity index (χ0n) is 17.4. The summed E-state index contributed by atoms with van der Waals surface area (Å²) in [6.07, 6.45) is 0.868. The Kier molecular flexibility index (Phi) is 7.01. The van der Waals surface area contributed by atoms with Crippen molar-refractivity contribution in [2.24, 2.45) is 0 Å². The number of hydrogen-bond acceptors (Lipinski definition) is 4. The number of ether oxygens (including phenoxy) is 1. The van der Waals surface area contributed by atoms with Crippen LogP contribution < -0.4 is 10.2 Å². The highest BCUT2D eigenvalue weighted by Crippen LogP contribution is 2.27. The summed E-state index contributed by atoms with van der Waals surface area (Å²) in [7, 11) is 1.62. The molecule has 0 atom stereocenters. The summed E-state index contributed by atoms with van der Waals surface area (Å²) in [6, 6.07) is 13.8. The molecule has 0 aliphatic carbocycles. The summed E-state index contributed by atoms with van der Waals surface area (Å²) in [6.45, 7) is 5.98. The molecule has 1 heterocycles. The maximum absolute atomic E-state index is 12.9. The van der Waals surface area contributed by atoms with Crippen LogP contribution in [0.1, 0.15) is 16.7 Å². The second kappa shape index (κ2) is 9.67. The van der Waals surface area contributed by atoms with E-state index in [1.807, 2.05) is 60.0 Å². The van der Waals surface area contributed by atoms with E-state index in [-0.39, 0.29) is 24.9 Å². The van der Waals surface area contributed by atoms with E-state index in [1.54, 1.807) is 7.11 Å². The number of para-hydroxylation sites is 1. The van der Waals surface area contributed by atoms with Crippen LogP contribution in [-0.2, 0) is 20.7 Å². The molecule has 1 aliphatic heterocycles. The van der Waals surface area contributed by atoms with Crippen LogP contribution in [0.15, 0.2) is 42.5 Å². The van der Waals surface area contributed by atoms with E-state index in [0.29, 0.717) is 19.7 Å². The van der Waals surface area contributed by atoms with Crippen LogP contribution >= 0.6 is 0 Å². The lowest BCUT2D eigenvalue weighted by Gasteiger charge is -2.25. The smallest absolute Gasteiger partial charge is 0.241 e.